The van der Waals surface area contributed by atoms with Crippen LogP contribution in [0.25, 0.3) is 0 Å². The second-order valence-corrected chi connectivity index (χ2v) is 4.92. The molecule has 0 bridgehead atoms. The van der Waals surface area contributed by atoms with Crippen molar-refractivity contribution in [1.82, 2.24) is 10.4 Å². The van der Waals surface area contributed by atoms with Gasteiger partial charge in [0.05, 0.1) is 16.1 Å². The van der Waals surface area contributed by atoms with Crippen molar-refractivity contribution in [3.05, 3.63) is 34.9 Å². The van der Waals surface area contributed by atoms with Crippen LogP contribution in [0.5, 0.6) is 0 Å². The second-order valence-electron chi connectivity index (χ2n) is 4.51. The van der Waals surface area contributed by atoms with Crippen LogP contribution >= 0.6 is 11.6 Å². The van der Waals surface area contributed by atoms with E-state index in [2.05, 4.69) is 5.43 Å². The summed E-state index contributed by atoms with van der Waals surface area (Å²) in [6.07, 6.45) is 1.76. The Bertz CT molecular complexity index is 460. The predicted octanol–water partition coefficient (Wildman–Crippen LogP) is 2.57. The number of nitriles is 1. The Balaban J connectivity index is 3.10. The minimum atomic E-state index is -0.522. The molecule has 5 heteroatoms. The van der Waals surface area contributed by atoms with Crippen molar-refractivity contribution in [3.63, 3.8) is 0 Å². The summed E-state index contributed by atoms with van der Waals surface area (Å²) >= 11 is 5.96. The van der Waals surface area contributed by atoms with Gasteiger partial charge in [0.1, 0.15) is 0 Å². The molecule has 0 aliphatic heterocycles. The molecule has 0 aliphatic carbocycles. The molecule has 0 saturated carbocycles. The topological polar surface area (TPSA) is 56.1 Å². The highest BCUT2D eigenvalue weighted by atomic mass is 35.5. The Hall–Kier alpha value is -1.73. The fourth-order valence-corrected chi connectivity index (χ4v) is 1.54. The van der Waals surface area contributed by atoms with Gasteiger partial charge in [0.25, 0.3) is 5.91 Å². The largest absolute Gasteiger partial charge is 0.274 e. The van der Waals surface area contributed by atoms with Gasteiger partial charge in [0.15, 0.2) is 6.19 Å². The van der Waals surface area contributed by atoms with Gasteiger partial charge in [0.2, 0.25) is 0 Å². The van der Waals surface area contributed by atoms with Gasteiger partial charge < -0.3 is 0 Å². The number of carbonyl (C=O) groups is 1. The fraction of sp³-hybridized carbons (Fsp3) is 0.333. The van der Waals surface area contributed by atoms with E-state index in [1.54, 1.807) is 30.5 Å². The van der Waals surface area contributed by atoms with Crippen LogP contribution in [-0.4, -0.2) is 16.5 Å². The molecule has 4 nitrogen and oxygen atoms in total. The number of halogens is 1. The van der Waals surface area contributed by atoms with Crippen LogP contribution in [0, 0.1) is 11.5 Å². The monoisotopic (exact) mass is 251 g/mol. The summed E-state index contributed by atoms with van der Waals surface area (Å²) in [5, 5.41) is 10.3. The van der Waals surface area contributed by atoms with E-state index < -0.39 is 5.54 Å². The van der Waals surface area contributed by atoms with E-state index in [4.69, 9.17) is 16.9 Å². The lowest BCUT2D eigenvalue weighted by molar-refractivity contribution is 0.0481. The molecule has 0 spiro atoms. The highest BCUT2D eigenvalue weighted by Crippen LogP contribution is 2.20. The number of hydrogen-bond acceptors (Lipinski definition) is 3. The maximum Gasteiger partial charge on any atom is 0.274 e. The van der Waals surface area contributed by atoms with Crippen LogP contribution in [0.4, 0.5) is 0 Å². The van der Waals surface area contributed by atoms with E-state index in [0.717, 1.165) is 0 Å². The van der Waals surface area contributed by atoms with Gasteiger partial charge in [-0.25, -0.2) is 10.4 Å². The third-order valence-electron chi connectivity index (χ3n) is 2.14. The van der Waals surface area contributed by atoms with Crippen molar-refractivity contribution in [2.45, 2.75) is 26.3 Å². The summed E-state index contributed by atoms with van der Waals surface area (Å²) in [6.45, 7) is 5.48. The van der Waals surface area contributed by atoms with Crippen molar-refractivity contribution in [3.8, 4) is 6.19 Å². The molecule has 0 fully saturated rings. The standard InChI is InChI=1S/C12H14ClN3O/c1-12(2,3)16(15-8-14)11(17)9-6-4-5-7-10(9)13/h4-7,15H,1-3H3. The van der Waals surface area contributed by atoms with Gasteiger partial charge in [-0.1, -0.05) is 23.7 Å². The van der Waals surface area contributed by atoms with Crippen LogP contribution in [0.3, 0.4) is 0 Å². The summed E-state index contributed by atoms with van der Waals surface area (Å²) in [5.74, 6) is -0.329. The molecule has 1 N–H and O–H groups in total. The fourth-order valence-electron chi connectivity index (χ4n) is 1.33. The quantitative estimate of drug-likeness (QED) is 0.499. The molecular weight excluding hydrogens is 238 g/mol. The minimum absolute atomic E-state index is 0.329. The van der Waals surface area contributed by atoms with Crippen LogP contribution in [0.15, 0.2) is 24.3 Å². The van der Waals surface area contributed by atoms with Gasteiger partial charge in [-0.05, 0) is 32.9 Å². The minimum Gasteiger partial charge on any atom is -0.267 e. The number of carbonyl (C=O) groups excluding carboxylic acids is 1. The molecule has 1 aromatic rings. The van der Waals surface area contributed by atoms with Crippen LogP contribution in [0.2, 0.25) is 5.02 Å². The molecule has 1 rings (SSSR count). The van der Waals surface area contributed by atoms with Gasteiger partial charge >= 0.3 is 0 Å². The third-order valence-corrected chi connectivity index (χ3v) is 2.47. The summed E-state index contributed by atoms with van der Waals surface area (Å²) in [6, 6.07) is 6.75. The maximum atomic E-state index is 12.2. The summed E-state index contributed by atoms with van der Waals surface area (Å²) < 4.78 is 0. The number of amides is 1. The van der Waals surface area contributed by atoms with E-state index >= 15 is 0 Å². The molecule has 0 heterocycles. The SMILES string of the molecule is CC(C)(C)N(NC#N)C(=O)c1ccccc1Cl. The number of nitrogens with one attached hydrogen (secondary N) is 1. The molecule has 0 aliphatic rings. The smallest absolute Gasteiger partial charge is 0.267 e. The molecule has 1 amide bonds. The first-order valence-electron chi connectivity index (χ1n) is 5.11. The molecule has 0 radical (unpaired) electrons. The highest BCUT2D eigenvalue weighted by molar-refractivity contribution is 6.33. The number of rotatable bonds is 2. The summed E-state index contributed by atoms with van der Waals surface area (Å²) in [7, 11) is 0. The van der Waals surface area contributed by atoms with Crippen LogP contribution in [0.1, 0.15) is 31.1 Å². The summed E-state index contributed by atoms with van der Waals surface area (Å²) in [4.78, 5) is 12.2. The van der Waals surface area contributed by atoms with Crippen molar-refractivity contribution in [2.24, 2.45) is 0 Å². The van der Waals surface area contributed by atoms with Crippen LogP contribution < -0.4 is 5.43 Å². The van der Waals surface area contributed by atoms with Gasteiger partial charge in [-0.2, -0.15) is 5.26 Å². The first kappa shape index (κ1) is 13.3. The number of hydrazine groups is 1. The Morgan fingerprint density at radius 3 is 2.47 bits per heavy atom. The van der Waals surface area contributed by atoms with E-state index in [1.807, 2.05) is 20.8 Å². The molecule has 0 atom stereocenters. The Morgan fingerprint density at radius 1 is 1.41 bits per heavy atom. The van der Waals surface area contributed by atoms with Crippen molar-refractivity contribution < 1.29 is 4.79 Å². The Labute approximate surface area is 106 Å². The zero-order chi connectivity index (χ0) is 13.1. The van der Waals surface area contributed by atoms with Gasteiger partial charge in [-0.3, -0.25) is 4.79 Å². The maximum absolute atomic E-state index is 12.2. The summed E-state index contributed by atoms with van der Waals surface area (Å²) in [5.41, 5.74) is 2.22. The zero-order valence-electron chi connectivity index (χ0n) is 9.99. The van der Waals surface area contributed by atoms with E-state index in [9.17, 15) is 4.79 Å². The van der Waals surface area contributed by atoms with Gasteiger partial charge in [0, 0.05) is 0 Å². The molecule has 1 aromatic carbocycles. The molecular formula is C12H14ClN3O. The zero-order valence-corrected chi connectivity index (χ0v) is 10.7. The lowest BCUT2D eigenvalue weighted by Gasteiger charge is -2.33. The number of nitrogens with zero attached hydrogens (tertiary/aromatic N) is 2. The third kappa shape index (κ3) is 3.11. The lowest BCUT2D eigenvalue weighted by atomic mass is 10.1. The second kappa shape index (κ2) is 5.07. The molecule has 90 valence electrons. The predicted molar refractivity (Wildman–Crippen MR) is 66.1 cm³/mol. The average Bonchev–Trinajstić information content (AvgIpc) is 2.24. The molecule has 0 saturated heterocycles. The highest BCUT2D eigenvalue weighted by Gasteiger charge is 2.28. The Morgan fingerprint density at radius 2 is 2.00 bits per heavy atom. The van der Waals surface area contributed by atoms with Gasteiger partial charge in [-0.15, -0.1) is 0 Å². The Kier molecular flexibility index (Phi) is 3.97. The first-order chi connectivity index (χ1) is 7.88. The molecule has 0 unspecified atom stereocenters. The van der Waals surface area contributed by atoms with Crippen molar-refractivity contribution in [1.29, 1.82) is 5.26 Å². The van der Waals surface area contributed by atoms with Crippen molar-refractivity contribution in [2.75, 3.05) is 0 Å². The van der Waals surface area contributed by atoms with E-state index in [1.165, 1.54) is 5.01 Å². The molecule has 0 aromatic heterocycles. The first-order valence-corrected chi connectivity index (χ1v) is 5.49. The van der Waals surface area contributed by atoms with Crippen molar-refractivity contribution >= 4 is 17.5 Å². The number of benzene rings is 1. The number of hydrogen-bond donors (Lipinski definition) is 1. The normalized spacial score (nSPS) is 10.5. The average molecular weight is 252 g/mol. The van der Waals surface area contributed by atoms with E-state index in [-0.39, 0.29) is 5.91 Å². The van der Waals surface area contributed by atoms with E-state index in [0.29, 0.717) is 10.6 Å². The molecule has 17 heavy (non-hydrogen) atoms. The lowest BCUT2D eigenvalue weighted by Crippen LogP contribution is -2.52. The van der Waals surface area contributed by atoms with Crippen LogP contribution in [-0.2, 0) is 0 Å².